The lowest BCUT2D eigenvalue weighted by Gasteiger charge is -2.43. The second kappa shape index (κ2) is 8.68. The number of halogens is 1. The molecule has 3 saturated carbocycles. The van der Waals surface area contributed by atoms with Gasteiger partial charge in [0.25, 0.3) is 0 Å². The van der Waals surface area contributed by atoms with Gasteiger partial charge in [-0.1, -0.05) is 6.42 Å². The van der Waals surface area contributed by atoms with Crippen LogP contribution in [0.3, 0.4) is 0 Å². The van der Waals surface area contributed by atoms with Gasteiger partial charge in [0.2, 0.25) is 5.91 Å². The monoisotopic (exact) mass is 344 g/mol. The SMILES string of the molecule is COC1CCC(CNC(=O)C2CC3CCCC(C2)C3N)CC1.Cl. The largest absolute Gasteiger partial charge is 0.381 e. The van der Waals surface area contributed by atoms with E-state index in [1.807, 2.05) is 0 Å². The number of nitrogens with two attached hydrogens (primary N) is 1. The summed E-state index contributed by atoms with van der Waals surface area (Å²) >= 11 is 0. The van der Waals surface area contributed by atoms with Crippen molar-refractivity contribution in [3.63, 3.8) is 0 Å². The maximum atomic E-state index is 12.5. The minimum Gasteiger partial charge on any atom is -0.381 e. The molecule has 1 amide bonds. The Balaban J connectivity index is 0.00000192. The van der Waals surface area contributed by atoms with Crippen LogP contribution in [-0.2, 0) is 9.53 Å². The first kappa shape index (κ1) is 19.0. The van der Waals surface area contributed by atoms with Gasteiger partial charge in [-0.2, -0.15) is 0 Å². The minimum atomic E-state index is 0. The van der Waals surface area contributed by atoms with Crippen LogP contribution in [0.1, 0.15) is 57.8 Å². The highest BCUT2D eigenvalue weighted by Gasteiger charge is 2.40. The van der Waals surface area contributed by atoms with E-state index >= 15 is 0 Å². The van der Waals surface area contributed by atoms with Gasteiger partial charge >= 0.3 is 0 Å². The Labute approximate surface area is 146 Å². The number of methoxy groups -OCH3 is 1. The van der Waals surface area contributed by atoms with E-state index in [-0.39, 0.29) is 24.2 Å². The van der Waals surface area contributed by atoms with Gasteiger partial charge in [0.15, 0.2) is 0 Å². The molecule has 4 nitrogen and oxygen atoms in total. The van der Waals surface area contributed by atoms with Crippen molar-refractivity contribution in [1.82, 2.24) is 5.32 Å². The van der Waals surface area contributed by atoms with E-state index in [4.69, 9.17) is 10.5 Å². The molecule has 23 heavy (non-hydrogen) atoms. The smallest absolute Gasteiger partial charge is 0.223 e. The van der Waals surface area contributed by atoms with Crippen molar-refractivity contribution in [2.45, 2.75) is 69.9 Å². The second-order valence-electron chi connectivity index (χ2n) is 7.82. The van der Waals surface area contributed by atoms with Gasteiger partial charge in [0.05, 0.1) is 6.10 Å². The van der Waals surface area contributed by atoms with Crippen LogP contribution >= 0.6 is 12.4 Å². The van der Waals surface area contributed by atoms with Crippen molar-refractivity contribution in [2.24, 2.45) is 29.4 Å². The van der Waals surface area contributed by atoms with Crippen molar-refractivity contribution in [3.8, 4) is 0 Å². The average molecular weight is 345 g/mol. The number of ether oxygens (including phenoxy) is 1. The fourth-order valence-electron chi connectivity index (χ4n) is 4.96. The Morgan fingerprint density at radius 1 is 1.09 bits per heavy atom. The molecule has 0 aromatic rings. The zero-order valence-corrected chi connectivity index (χ0v) is 15.2. The van der Waals surface area contributed by atoms with Crippen LogP contribution in [0.25, 0.3) is 0 Å². The van der Waals surface area contributed by atoms with E-state index < -0.39 is 0 Å². The van der Waals surface area contributed by atoms with Crippen LogP contribution < -0.4 is 11.1 Å². The Kier molecular flexibility index (Phi) is 7.18. The number of nitrogens with one attached hydrogen (secondary N) is 1. The average Bonchev–Trinajstić information content (AvgIpc) is 2.53. The Bertz CT molecular complexity index is 371. The van der Waals surface area contributed by atoms with Gasteiger partial charge in [0.1, 0.15) is 0 Å². The van der Waals surface area contributed by atoms with Gasteiger partial charge in [-0.3, -0.25) is 4.79 Å². The summed E-state index contributed by atoms with van der Waals surface area (Å²) in [5.74, 6) is 2.31. The summed E-state index contributed by atoms with van der Waals surface area (Å²) in [4.78, 5) is 12.5. The molecule has 2 bridgehead atoms. The van der Waals surface area contributed by atoms with Crippen molar-refractivity contribution < 1.29 is 9.53 Å². The number of fused-ring (bicyclic) bond motifs is 2. The van der Waals surface area contributed by atoms with Crippen LogP contribution in [0, 0.1) is 23.7 Å². The molecular formula is C18H33ClN2O2. The number of hydrogen-bond donors (Lipinski definition) is 2. The molecule has 2 unspecified atom stereocenters. The Morgan fingerprint density at radius 3 is 2.26 bits per heavy atom. The third kappa shape index (κ3) is 4.61. The topological polar surface area (TPSA) is 64.3 Å². The van der Waals surface area contributed by atoms with Gasteiger partial charge in [-0.25, -0.2) is 0 Å². The first-order chi connectivity index (χ1) is 10.7. The lowest BCUT2D eigenvalue weighted by atomic mass is 9.65. The van der Waals surface area contributed by atoms with Crippen LogP contribution in [0.15, 0.2) is 0 Å². The maximum Gasteiger partial charge on any atom is 0.223 e. The molecule has 3 aliphatic carbocycles. The maximum absolute atomic E-state index is 12.5. The zero-order valence-electron chi connectivity index (χ0n) is 14.3. The first-order valence-electron chi connectivity index (χ1n) is 9.23. The normalized spacial score (nSPS) is 40.1. The molecule has 0 radical (unpaired) electrons. The van der Waals surface area contributed by atoms with Crippen molar-refractivity contribution in [2.75, 3.05) is 13.7 Å². The van der Waals surface area contributed by atoms with Crippen molar-refractivity contribution in [1.29, 1.82) is 0 Å². The molecule has 3 aliphatic rings. The van der Waals surface area contributed by atoms with Crippen LogP contribution in [0.5, 0.6) is 0 Å². The molecule has 0 spiro atoms. The molecule has 134 valence electrons. The summed E-state index contributed by atoms with van der Waals surface area (Å²) in [5, 5.41) is 3.24. The third-order valence-corrected chi connectivity index (χ3v) is 6.48. The molecule has 0 saturated heterocycles. The van der Waals surface area contributed by atoms with Crippen LogP contribution in [-0.4, -0.2) is 31.7 Å². The Morgan fingerprint density at radius 2 is 1.70 bits per heavy atom. The molecular weight excluding hydrogens is 312 g/mol. The number of hydrogen-bond acceptors (Lipinski definition) is 3. The summed E-state index contributed by atoms with van der Waals surface area (Å²) in [6, 6.07) is 0.349. The lowest BCUT2D eigenvalue weighted by Crippen LogP contribution is -2.49. The first-order valence-corrected chi connectivity index (χ1v) is 9.23. The van der Waals surface area contributed by atoms with Crippen molar-refractivity contribution >= 4 is 18.3 Å². The van der Waals surface area contributed by atoms with Gasteiger partial charge in [0, 0.05) is 25.6 Å². The molecule has 0 heterocycles. The van der Waals surface area contributed by atoms with Gasteiger partial charge < -0.3 is 15.8 Å². The number of carbonyl (C=O) groups is 1. The quantitative estimate of drug-likeness (QED) is 0.824. The molecule has 0 aromatic carbocycles. The summed E-state index contributed by atoms with van der Waals surface area (Å²) in [6.07, 6.45) is 10.9. The van der Waals surface area contributed by atoms with Crippen LogP contribution in [0.2, 0.25) is 0 Å². The zero-order chi connectivity index (χ0) is 15.5. The van der Waals surface area contributed by atoms with Gasteiger partial charge in [-0.15, -0.1) is 12.4 Å². The summed E-state index contributed by atoms with van der Waals surface area (Å²) < 4.78 is 5.41. The highest BCUT2D eigenvalue weighted by Crippen LogP contribution is 2.41. The predicted molar refractivity (Wildman–Crippen MR) is 94.5 cm³/mol. The summed E-state index contributed by atoms with van der Waals surface area (Å²) in [5.41, 5.74) is 6.32. The Hall–Kier alpha value is -0.320. The number of rotatable bonds is 4. The minimum absolute atomic E-state index is 0. The molecule has 0 aromatic heterocycles. The highest BCUT2D eigenvalue weighted by atomic mass is 35.5. The fraction of sp³-hybridized carbons (Fsp3) is 0.944. The third-order valence-electron chi connectivity index (χ3n) is 6.48. The molecule has 2 atom stereocenters. The summed E-state index contributed by atoms with van der Waals surface area (Å²) in [6.45, 7) is 0.854. The van der Waals surface area contributed by atoms with E-state index in [2.05, 4.69) is 5.32 Å². The van der Waals surface area contributed by atoms with E-state index in [0.29, 0.717) is 29.9 Å². The fourth-order valence-corrected chi connectivity index (χ4v) is 4.96. The molecule has 5 heteroatoms. The van der Waals surface area contributed by atoms with E-state index in [1.54, 1.807) is 7.11 Å². The highest BCUT2D eigenvalue weighted by molar-refractivity contribution is 5.85. The number of amides is 1. The van der Waals surface area contributed by atoms with E-state index in [9.17, 15) is 4.79 Å². The summed E-state index contributed by atoms with van der Waals surface area (Å²) in [7, 11) is 1.80. The predicted octanol–water partition coefficient (Wildman–Crippen LogP) is 2.88. The lowest BCUT2D eigenvalue weighted by molar-refractivity contribution is -0.128. The molecule has 3 rings (SSSR count). The molecule has 0 aliphatic heterocycles. The molecule has 3 fully saturated rings. The van der Waals surface area contributed by atoms with Crippen molar-refractivity contribution in [3.05, 3.63) is 0 Å². The van der Waals surface area contributed by atoms with Crippen LogP contribution in [0.4, 0.5) is 0 Å². The van der Waals surface area contributed by atoms with E-state index in [0.717, 1.165) is 32.2 Å². The molecule has 3 N–H and O–H groups in total. The second-order valence-corrected chi connectivity index (χ2v) is 7.82. The van der Waals surface area contributed by atoms with Gasteiger partial charge in [-0.05, 0) is 69.1 Å². The number of carbonyl (C=O) groups excluding carboxylic acids is 1. The standard InChI is InChI=1S/C18H32N2O2.ClH/c1-22-16-7-5-12(6-8-16)11-20-18(21)15-9-13-3-2-4-14(10-15)17(13)19;/h12-17H,2-11,19H2,1H3,(H,20,21);1H. The van der Waals surface area contributed by atoms with E-state index in [1.165, 1.54) is 32.1 Å².